The highest BCUT2D eigenvalue weighted by molar-refractivity contribution is 9.11. The molecule has 0 saturated carbocycles. The van der Waals surface area contributed by atoms with E-state index in [0.717, 1.165) is 15.3 Å². The standard InChI is InChI=1S/C16H16BrNO3S2/c1-21-16(20)12-4-2-11(3-5-12)15(19)18-8-9-22-10-13-6-7-14(17)23-13/h2-7H,8-10H2,1H3,(H,18,19). The zero-order chi connectivity index (χ0) is 16.7. The van der Waals surface area contributed by atoms with Gasteiger partial charge in [-0.25, -0.2) is 4.79 Å². The number of nitrogens with one attached hydrogen (secondary N) is 1. The number of ether oxygens (including phenoxy) is 1. The monoisotopic (exact) mass is 413 g/mol. The maximum Gasteiger partial charge on any atom is 0.337 e. The largest absolute Gasteiger partial charge is 0.465 e. The average molecular weight is 414 g/mol. The second kappa shape index (κ2) is 9.10. The summed E-state index contributed by atoms with van der Waals surface area (Å²) in [4.78, 5) is 24.6. The topological polar surface area (TPSA) is 55.4 Å². The van der Waals surface area contributed by atoms with Gasteiger partial charge in [0.15, 0.2) is 0 Å². The van der Waals surface area contributed by atoms with Crippen LogP contribution in [0.4, 0.5) is 0 Å². The zero-order valence-electron chi connectivity index (χ0n) is 12.5. The number of amides is 1. The van der Waals surface area contributed by atoms with Gasteiger partial charge in [0.05, 0.1) is 16.5 Å². The second-order valence-electron chi connectivity index (χ2n) is 4.58. The Balaban J connectivity index is 1.71. The molecule has 23 heavy (non-hydrogen) atoms. The van der Waals surface area contributed by atoms with Crippen LogP contribution in [0, 0.1) is 0 Å². The third-order valence-electron chi connectivity index (χ3n) is 2.97. The Morgan fingerprint density at radius 1 is 1.17 bits per heavy atom. The minimum absolute atomic E-state index is 0.138. The molecular formula is C16H16BrNO3S2. The van der Waals surface area contributed by atoms with Crippen molar-refractivity contribution in [1.82, 2.24) is 5.32 Å². The molecule has 2 aromatic rings. The number of thioether (sulfide) groups is 1. The van der Waals surface area contributed by atoms with Crippen molar-refractivity contribution in [3.05, 3.63) is 56.2 Å². The molecule has 0 spiro atoms. The molecule has 1 amide bonds. The number of hydrogen-bond donors (Lipinski definition) is 1. The van der Waals surface area contributed by atoms with Gasteiger partial charge >= 0.3 is 5.97 Å². The van der Waals surface area contributed by atoms with E-state index >= 15 is 0 Å². The fourth-order valence-electron chi connectivity index (χ4n) is 1.82. The van der Waals surface area contributed by atoms with Crippen LogP contribution in [-0.4, -0.2) is 31.3 Å². The lowest BCUT2D eigenvalue weighted by Gasteiger charge is -2.05. The SMILES string of the molecule is COC(=O)c1ccc(C(=O)NCCSCc2ccc(Br)s2)cc1. The van der Waals surface area contributed by atoms with Gasteiger partial charge in [0, 0.05) is 28.5 Å². The predicted octanol–water partition coefficient (Wildman–Crippen LogP) is 3.96. The zero-order valence-corrected chi connectivity index (χ0v) is 15.7. The number of methoxy groups -OCH3 is 1. The molecule has 0 aliphatic carbocycles. The first kappa shape index (κ1) is 18.0. The smallest absolute Gasteiger partial charge is 0.337 e. The summed E-state index contributed by atoms with van der Waals surface area (Å²) in [7, 11) is 1.33. The predicted molar refractivity (Wildman–Crippen MR) is 98.3 cm³/mol. The Bertz CT molecular complexity index is 670. The minimum Gasteiger partial charge on any atom is -0.465 e. The summed E-state index contributed by atoms with van der Waals surface area (Å²) in [5.41, 5.74) is 0.964. The molecule has 1 aromatic carbocycles. The third kappa shape index (κ3) is 5.67. The molecule has 1 aromatic heterocycles. The van der Waals surface area contributed by atoms with Gasteiger partial charge in [0.1, 0.15) is 0 Å². The van der Waals surface area contributed by atoms with E-state index in [9.17, 15) is 9.59 Å². The summed E-state index contributed by atoms with van der Waals surface area (Å²) in [6, 6.07) is 10.6. The van der Waals surface area contributed by atoms with Crippen molar-refractivity contribution in [3.8, 4) is 0 Å². The molecule has 0 aliphatic heterocycles. The molecule has 0 fully saturated rings. The van der Waals surface area contributed by atoms with E-state index in [1.807, 2.05) is 6.07 Å². The molecule has 0 aliphatic rings. The van der Waals surface area contributed by atoms with Crippen molar-refractivity contribution in [1.29, 1.82) is 0 Å². The Morgan fingerprint density at radius 2 is 1.87 bits per heavy atom. The normalized spacial score (nSPS) is 10.3. The quantitative estimate of drug-likeness (QED) is 0.551. The Kier molecular flexibility index (Phi) is 7.14. The van der Waals surface area contributed by atoms with E-state index in [2.05, 4.69) is 32.0 Å². The summed E-state index contributed by atoms with van der Waals surface area (Å²) in [6.07, 6.45) is 0. The molecule has 0 radical (unpaired) electrons. The van der Waals surface area contributed by atoms with Crippen LogP contribution in [0.2, 0.25) is 0 Å². The Morgan fingerprint density at radius 3 is 2.48 bits per heavy atom. The maximum atomic E-state index is 12.0. The molecule has 0 saturated heterocycles. The molecule has 0 bridgehead atoms. The van der Waals surface area contributed by atoms with Gasteiger partial charge in [-0.2, -0.15) is 11.8 Å². The summed E-state index contributed by atoms with van der Waals surface area (Å²) in [6.45, 7) is 0.606. The van der Waals surface area contributed by atoms with E-state index in [1.165, 1.54) is 12.0 Å². The summed E-state index contributed by atoms with van der Waals surface area (Å²) in [5, 5.41) is 2.87. The fourth-order valence-corrected chi connectivity index (χ4v) is 4.27. The van der Waals surface area contributed by atoms with Gasteiger partial charge in [-0.05, 0) is 52.3 Å². The molecule has 122 valence electrons. The number of carbonyl (C=O) groups is 2. The molecule has 2 rings (SSSR count). The summed E-state index contributed by atoms with van der Waals surface area (Å²) >= 11 is 6.95. The van der Waals surface area contributed by atoms with Crippen LogP contribution in [0.5, 0.6) is 0 Å². The van der Waals surface area contributed by atoms with E-state index in [-0.39, 0.29) is 5.91 Å². The van der Waals surface area contributed by atoms with Gasteiger partial charge in [-0.3, -0.25) is 4.79 Å². The minimum atomic E-state index is -0.409. The summed E-state index contributed by atoms with van der Waals surface area (Å²) in [5.74, 6) is 1.25. The van der Waals surface area contributed by atoms with E-state index in [4.69, 9.17) is 0 Å². The summed E-state index contributed by atoms with van der Waals surface area (Å²) < 4.78 is 5.76. The van der Waals surface area contributed by atoms with Crippen LogP contribution in [0.1, 0.15) is 25.6 Å². The van der Waals surface area contributed by atoms with Crippen molar-refractivity contribution >= 4 is 50.9 Å². The van der Waals surface area contributed by atoms with Gasteiger partial charge in [0.25, 0.3) is 5.91 Å². The lowest BCUT2D eigenvalue weighted by atomic mass is 10.1. The van der Waals surface area contributed by atoms with Crippen LogP contribution >= 0.6 is 39.0 Å². The molecule has 4 nitrogen and oxygen atoms in total. The van der Waals surface area contributed by atoms with Crippen LogP contribution in [0.3, 0.4) is 0 Å². The highest BCUT2D eigenvalue weighted by atomic mass is 79.9. The van der Waals surface area contributed by atoms with E-state index < -0.39 is 5.97 Å². The van der Waals surface area contributed by atoms with Crippen molar-refractivity contribution in [2.45, 2.75) is 5.75 Å². The number of benzene rings is 1. The number of thiophene rings is 1. The van der Waals surface area contributed by atoms with Crippen molar-refractivity contribution in [3.63, 3.8) is 0 Å². The van der Waals surface area contributed by atoms with Gasteiger partial charge in [0.2, 0.25) is 0 Å². The van der Waals surface area contributed by atoms with Crippen LogP contribution in [-0.2, 0) is 10.5 Å². The van der Waals surface area contributed by atoms with Gasteiger partial charge in [-0.1, -0.05) is 0 Å². The molecule has 1 N–H and O–H groups in total. The van der Waals surface area contributed by atoms with Crippen molar-refractivity contribution in [2.24, 2.45) is 0 Å². The first-order valence-corrected chi connectivity index (χ1v) is 9.65. The van der Waals surface area contributed by atoms with E-state index in [1.54, 1.807) is 47.4 Å². The molecule has 0 atom stereocenters. The third-order valence-corrected chi connectivity index (χ3v) is 5.79. The van der Waals surface area contributed by atoms with E-state index in [0.29, 0.717) is 17.7 Å². The average Bonchev–Trinajstić information content (AvgIpc) is 2.99. The van der Waals surface area contributed by atoms with Crippen molar-refractivity contribution < 1.29 is 14.3 Å². The molecular weight excluding hydrogens is 398 g/mol. The van der Waals surface area contributed by atoms with Gasteiger partial charge in [-0.15, -0.1) is 11.3 Å². The molecule has 1 heterocycles. The van der Waals surface area contributed by atoms with Crippen molar-refractivity contribution in [2.75, 3.05) is 19.4 Å². The fraction of sp³-hybridized carbons (Fsp3) is 0.250. The second-order valence-corrected chi connectivity index (χ2v) is 8.24. The number of carbonyl (C=O) groups excluding carboxylic acids is 2. The van der Waals surface area contributed by atoms with Gasteiger partial charge < -0.3 is 10.1 Å². The lowest BCUT2D eigenvalue weighted by molar-refractivity contribution is 0.0600. The first-order chi connectivity index (χ1) is 11.1. The molecule has 0 unspecified atom stereocenters. The number of esters is 1. The Labute approximate surface area is 151 Å². The lowest BCUT2D eigenvalue weighted by Crippen LogP contribution is -2.25. The highest BCUT2D eigenvalue weighted by Gasteiger charge is 2.08. The van der Waals surface area contributed by atoms with Crippen LogP contribution in [0.25, 0.3) is 0 Å². The van der Waals surface area contributed by atoms with Crippen LogP contribution in [0.15, 0.2) is 40.2 Å². The molecule has 7 heteroatoms. The van der Waals surface area contributed by atoms with Crippen LogP contribution < -0.4 is 5.32 Å². The number of halogens is 1. The number of hydrogen-bond acceptors (Lipinski definition) is 5. The highest BCUT2D eigenvalue weighted by Crippen LogP contribution is 2.25. The Hall–Kier alpha value is -1.31. The first-order valence-electron chi connectivity index (χ1n) is 6.88. The maximum absolute atomic E-state index is 12.0. The number of rotatable bonds is 7.